The van der Waals surface area contributed by atoms with Gasteiger partial charge in [-0.1, -0.05) is 13.3 Å². The molecule has 3 rings (SSSR count). The van der Waals surface area contributed by atoms with Gasteiger partial charge in [0, 0.05) is 5.69 Å². The van der Waals surface area contributed by atoms with E-state index < -0.39 is 0 Å². The number of hydrogen-bond acceptors (Lipinski definition) is 4. The van der Waals surface area contributed by atoms with Gasteiger partial charge < -0.3 is 15.4 Å². The summed E-state index contributed by atoms with van der Waals surface area (Å²) in [7, 11) is 1.69. The summed E-state index contributed by atoms with van der Waals surface area (Å²) in [6.45, 7) is 3.11. The number of guanidine groups is 1. The van der Waals surface area contributed by atoms with Crippen molar-refractivity contribution in [1.29, 1.82) is 0 Å². The van der Waals surface area contributed by atoms with Crippen molar-refractivity contribution in [2.24, 2.45) is 16.6 Å². The molecule has 1 aliphatic carbocycles. The van der Waals surface area contributed by atoms with Crippen LogP contribution in [0.15, 0.2) is 29.3 Å². The van der Waals surface area contributed by atoms with E-state index in [4.69, 9.17) is 10.5 Å². The van der Waals surface area contributed by atoms with E-state index in [1.165, 1.54) is 25.7 Å². The quantitative estimate of drug-likeness (QED) is 0.921. The fourth-order valence-electron chi connectivity index (χ4n) is 3.66. The van der Waals surface area contributed by atoms with Crippen LogP contribution in [0.3, 0.4) is 0 Å². The number of hydrogen-bond donors (Lipinski definition) is 1. The van der Waals surface area contributed by atoms with Gasteiger partial charge in [-0.25, -0.2) is 0 Å². The fraction of sp³-hybridized carbons (Fsp3) is 0.562. The Balaban J connectivity index is 1.90. The van der Waals surface area contributed by atoms with Crippen LogP contribution in [0, 0.1) is 5.92 Å². The first-order valence-electron chi connectivity index (χ1n) is 7.43. The van der Waals surface area contributed by atoms with Crippen molar-refractivity contribution in [2.45, 2.75) is 38.1 Å². The second-order valence-electron chi connectivity index (χ2n) is 5.95. The maximum atomic E-state index is 6.17. The molecule has 4 nitrogen and oxygen atoms in total. The van der Waals surface area contributed by atoms with E-state index in [2.05, 4.69) is 28.9 Å². The predicted octanol–water partition coefficient (Wildman–Crippen LogP) is 2.78. The Kier molecular flexibility index (Phi) is 3.32. The smallest absolute Gasteiger partial charge is 0.196 e. The molecule has 1 heterocycles. The summed E-state index contributed by atoms with van der Waals surface area (Å²) in [5, 5.41) is 0. The molecular weight excluding hydrogens is 250 g/mol. The summed E-state index contributed by atoms with van der Waals surface area (Å²) >= 11 is 0. The normalized spacial score (nSPS) is 29.0. The number of nitrogens with two attached hydrogens (primary N) is 1. The van der Waals surface area contributed by atoms with E-state index in [9.17, 15) is 0 Å². The zero-order chi connectivity index (χ0) is 14.2. The first-order valence-corrected chi connectivity index (χ1v) is 7.43. The van der Waals surface area contributed by atoms with Crippen LogP contribution in [0.1, 0.15) is 32.6 Å². The van der Waals surface area contributed by atoms with Gasteiger partial charge in [-0.2, -0.15) is 0 Å². The van der Waals surface area contributed by atoms with Gasteiger partial charge in [-0.15, -0.1) is 0 Å². The third-order valence-electron chi connectivity index (χ3n) is 4.83. The number of methoxy groups -OCH3 is 1. The SMILES string of the molecule is CCC1CCC2(CN=C(N)N2c2ccc(OC)cc2)C1. The lowest BCUT2D eigenvalue weighted by atomic mass is 9.93. The predicted molar refractivity (Wildman–Crippen MR) is 82.3 cm³/mol. The molecule has 0 saturated heterocycles. The van der Waals surface area contributed by atoms with E-state index >= 15 is 0 Å². The average Bonchev–Trinajstić information content (AvgIpc) is 3.04. The highest BCUT2D eigenvalue weighted by Gasteiger charge is 2.47. The molecule has 0 radical (unpaired) electrons. The van der Waals surface area contributed by atoms with Gasteiger partial charge in [0.25, 0.3) is 0 Å². The Morgan fingerprint density at radius 3 is 2.75 bits per heavy atom. The number of rotatable bonds is 3. The molecule has 2 N–H and O–H groups in total. The third-order valence-corrected chi connectivity index (χ3v) is 4.83. The first kappa shape index (κ1) is 13.3. The van der Waals surface area contributed by atoms with Gasteiger partial charge in [-0.3, -0.25) is 4.99 Å². The minimum atomic E-state index is 0.110. The molecular formula is C16H23N3O. The molecule has 2 aliphatic rings. The molecule has 1 aliphatic heterocycles. The van der Waals surface area contributed by atoms with Crippen LogP contribution in [0.4, 0.5) is 5.69 Å². The van der Waals surface area contributed by atoms with Crippen molar-refractivity contribution in [2.75, 3.05) is 18.6 Å². The van der Waals surface area contributed by atoms with Crippen molar-refractivity contribution in [3.8, 4) is 5.75 Å². The molecule has 1 aromatic rings. The van der Waals surface area contributed by atoms with Crippen LogP contribution in [0.5, 0.6) is 5.75 Å². The van der Waals surface area contributed by atoms with Gasteiger partial charge in [0.1, 0.15) is 5.75 Å². The molecule has 1 fully saturated rings. The number of nitrogens with zero attached hydrogens (tertiary/aromatic N) is 2. The van der Waals surface area contributed by atoms with Crippen molar-refractivity contribution >= 4 is 11.6 Å². The Hall–Kier alpha value is -1.71. The van der Waals surface area contributed by atoms with E-state index in [-0.39, 0.29) is 5.54 Å². The number of benzene rings is 1. The summed E-state index contributed by atoms with van der Waals surface area (Å²) in [6, 6.07) is 8.13. The zero-order valence-corrected chi connectivity index (χ0v) is 12.3. The third kappa shape index (κ3) is 2.03. The van der Waals surface area contributed by atoms with Gasteiger partial charge in [0.2, 0.25) is 0 Å². The topological polar surface area (TPSA) is 50.8 Å². The molecule has 2 unspecified atom stereocenters. The molecule has 1 spiro atoms. The first-order chi connectivity index (χ1) is 9.68. The van der Waals surface area contributed by atoms with Crippen LogP contribution in [-0.2, 0) is 0 Å². The van der Waals surface area contributed by atoms with Crippen molar-refractivity contribution in [1.82, 2.24) is 0 Å². The van der Waals surface area contributed by atoms with E-state index in [1.54, 1.807) is 7.11 Å². The summed E-state index contributed by atoms with van der Waals surface area (Å²) in [5.74, 6) is 2.33. The molecule has 0 aromatic heterocycles. The summed E-state index contributed by atoms with van der Waals surface area (Å²) in [6.07, 6.45) is 4.91. The summed E-state index contributed by atoms with van der Waals surface area (Å²) < 4.78 is 5.23. The van der Waals surface area contributed by atoms with Gasteiger partial charge in [0.05, 0.1) is 19.2 Å². The maximum Gasteiger partial charge on any atom is 0.196 e. The lowest BCUT2D eigenvalue weighted by Gasteiger charge is -2.36. The summed E-state index contributed by atoms with van der Waals surface area (Å²) in [4.78, 5) is 6.78. The Morgan fingerprint density at radius 2 is 2.15 bits per heavy atom. The molecule has 1 aromatic carbocycles. The van der Waals surface area contributed by atoms with Crippen LogP contribution in [0.25, 0.3) is 0 Å². The number of anilines is 1. The fourth-order valence-corrected chi connectivity index (χ4v) is 3.66. The molecule has 2 atom stereocenters. The lowest BCUT2D eigenvalue weighted by molar-refractivity contribution is 0.414. The highest BCUT2D eigenvalue weighted by molar-refractivity contribution is 5.98. The number of ether oxygens (including phenoxy) is 1. The van der Waals surface area contributed by atoms with E-state index in [1.807, 2.05) is 12.1 Å². The monoisotopic (exact) mass is 273 g/mol. The highest BCUT2D eigenvalue weighted by atomic mass is 16.5. The van der Waals surface area contributed by atoms with Crippen LogP contribution in [-0.4, -0.2) is 25.2 Å². The second kappa shape index (κ2) is 5.00. The number of aliphatic imine (C=N–C) groups is 1. The lowest BCUT2D eigenvalue weighted by Crippen LogP contribution is -2.50. The second-order valence-corrected chi connectivity index (χ2v) is 5.95. The van der Waals surface area contributed by atoms with Crippen molar-refractivity contribution in [3.63, 3.8) is 0 Å². The average molecular weight is 273 g/mol. The minimum Gasteiger partial charge on any atom is -0.497 e. The van der Waals surface area contributed by atoms with E-state index in [0.717, 1.165) is 23.9 Å². The van der Waals surface area contributed by atoms with Crippen LogP contribution < -0.4 is 15.4 Å². The molecule has 0 amide bonds. The molecule has 1 saturated carbocycles. The summed E-state index contributed by atoms with van der Waals surface area (Å²) in [5.41, 5.74) is 7.40. The molecule has 0 bridgehead atoms. The van der Waals surface area contributed by atoms with E-state index in [0.29, 0.717) is 5.96 Å². The van der Waals surface area contributed by atoms with Crippen LogP contribution in [0.2, 0.25) is 0 Å². The molecule has 108 valence electrons. The standard InChI is InChI=1S/C16H23N3O/c1-3-12-8-9-16(10-12)11-18-15(17)19(16)13-4-6-14(20-2)7-5-13/h4-7,12H,3,8-11H2,1-2H3,(H2,17,18). The largest absolute Gasteiger partial charge is 0.497 e. The van der Waals surface area contributed by atoms with Gasteiger partial charge >= 0.3 is 0 Å². The van der Waals surface area contributed by atoms with Gasteiger partial charge in [-0.05, 0) is 49.4 Å². The van der Waals surface area contributed by atoms with Crippen molar-refractivity contribution < 1.29 is 4.74 Å². The molecule has 20 heavy (non-hydrogen) atoms. The zero-order valence-electron chi connectivity index (χ0n) is 12.3. The molecule has 4 heteroatoms. The van der Waals surface area contributed by atoms with Gasteiger partial charge in [0.15, 0.2) is 5.96 Å². The Morgan fingerprint density at radius 1 is 1.40 bits per heavy atom. The Bertz CT molecular complexity index is 511. The van der Waals surface area contributed by atoms with Crippen molar-refractivity contribution in [3.05, 3.63) is 24.3 Å². The maximum absolute atomic E-state index is 6.17. The van der Waals surface area contributed by atoms with Crippen LogP contribution >= 0.6 is 0 Å². The minimum absolute atomic E-state index is 0.110. The highest BCUT2D eigenvalue weighted by Crippen LogP contribution is 2.45. The Labute approximate surface area is 120 Å².